The Bertz CT molecular complexity index is 1100. The second-order valence-electron chi connectivity index (χ2n) is 8.12. The van der Waals surface area contributed by atoms with Crippen LogP contribution in [0.1, 0.15) is 32.0 Å². The highest BCUT2D eigenvalue weighted by molar-refractivity contribution is 6.02. The summed E-state index contributed by atoms with van der Waals surface area (Å²) in [5.74, 6) is 0.955. The summed E-state index contributed by atoms with van der Waals surface area (Å²) in [7, 11) is 0. The molecule has 0 saturated carbocycles. The maximum Gasteiger partial charge on any atom is 0.291 e. The number of amides is 2. The summed E-state index contributed by atoms with van der Waals surface area (Å²) >= 11 is 0. The molecule has 1 aromatic heterocycles. The summed E-state index contributed by atoms with van der Waals surface area (Å²) < 4.78 is 10.7. The smallest absolute Gasteiger partial charge is 0.291 e. The number of ether oxygens (including phenoxy) is 1. The van der Waals surface area contributed by atoms with Crippen LogP contribution in [0, 0.1) is 0 Å². The molecule has 1 fully saturated rings. The Morgan fingerprint density at radius 2 is 1.78 bits per heavy atom. The summed E-state index contributed by atoms with van der Waals surface area (Å²) in [6.07, 6.45) is 2.44. The van der Waals surface area contributed by atoms with Crippen molar-refractivity contribution in [1.29, 1.82) is 0 Å². The van der Waals surface area contributed by atoms with E-state index in [1.54, 1.807) is 36.4 Å². The first kappa shape index (κ1) is 20.3. The highest BCUT2D eigenvalue weighted by atomic mass is 16.5. The number of benzene rings is 2. The van der Waals surface area contributed by atoms with Gasteiger partial charge in [-0.3, -0.25) is 14.5 Å². The molecule has 1 N–H and O–H groups in total. The van der Waals surface area contributed by atoms with Gasteiger partial charge in [0.25, 0.3) is 11.8 Å². The van der Waals surface area contributed by atoms with Gasteiger partial charge in [0.05, 0.1) is 12.9 Å². The van der Waals surface area contributed by atoms with E-state index in [-0.39, 0.29) is 17.6 Å². The summed E-state index contributed by atoms with van der Waals surface area (Å²) in [6.45, 7) is 4.75. The largest absolute Gasteiger partial charge is 0.493 e. The van der Waals surface area contributed by atoms with Crippen LogP contribution in [0.15, 0.2) is 65.3 Å². The number of hydrogen-bond acceptors (Lipinski definition) is 5. The molecule has 7 nitrogen and oxygen atoms in total. The van der Waals surface area contributed by atoms with Crippen LogP contribution in [0.4, 0.5) is 5.69 Å². The number of furan rings is 1. The van der Waals surface area contributed by atoms with Crippen LogP contribution in [-0.4, -0.2) is 54.4 Å². The number of nitrogens with one attached hydrogen (secondary N) is 1. The standard InChI is InChI=1S/C25H25N3O4/c29-24(23-2-1-14-31-23)26-21-6-4-19(5-7-21)25(30)28-12-10-27(11-13-28)17-18-3-8-22-20(16-18)9-15-32-22/h1-8,14,16H,9-13,15,17H2,(H,26,29). The fraction of sp³-hybridized carbons (Fsp3) is 0.280. The molecule has 0 atom stereocenters. The average Bonchev–Trinajstić information content (AvgIpc) is 3.52. The summed E-state index contributed by atoms with van der Waals surface area (Å²) in [5.41, 5.74) is 3.82. The zero-order valence-electron chi connectivity index (χ0n) is 17.8. The molecule has 2 amide bonds. The first-order valence-corrected chi connectivity index (χ1v) is 10.9. The number of nitrogens with zero attached hydrogens (tertiary/aromatic N) is 2. The van der Waals surface area contributed by atoms with Gasteiger partial charge in [0.2, 0.25) is 0 Å². The van der Waals surface area contributed by atoms with E-state index in [4.69, 9.17) is 9.15 Å². The zero-order chi connectivity index (χ0) is 21.9. The van der Waals surface area contributed by atoms with E-state index in [9.17, 15) is 9.59 Å². The Balaban J connectivity index is 1.13. The molecule has 0 spiro atoms. The monoisotopic (exact) mass is 431 g/mol. The van der Waals surface area contributed by atoms with Crippen LogP contribution in [0.2, 0.25) is 0 Å². The van der Waals surface area contributed by atoms with E-state index < -0.39 is 0 Å². The van der Waals surface area contributed by atoms with Gasteiger partial charge in [-0.2, -0.15) is 0 Å². The van der Waals surface area contributed by atoms with E-state index in [1.807, 2.05) is 4.90 Å². The summed E-state index contributed by atoms with van der Waals surface area (Å²) in [4.78, 5) is 29.2. The fourth-order valence-corrected chi connectivity index (χ4v) is 4.18. The maximum absolute atomic E-state index is 12.9. The van der Waals surface area contributed by atoms with Crippen molar-refractivity contribution in [1.82, 2.24) is 9.80 Å². The number of anilines is 1. The molecule has 0 aliphatic carbocycles. The van der Waals surface area contributed by atoms with Crippen molar-refractivity contribution >= 4 is 17.5 Å². The second-order valence-corrected chi connectivity index (χ2v) is 8.12. The third kappa shape index (κ3) is 4.38. The lowest BCUT2D eigenvalue weighted by Gasteiger charge is -2.35. The van der Waals surface area contributed by atoms with Gasteiger partial charge in [-0.25, -0.2) is 0 Å². The van der Waals surface area contributed by atoms with E-state index >= 15 is 0 Å². The van der Waals surface area contributed by atoms with Gasteiger partial charge in [0.1, 0.15) is 5.75 Å². The molecule has 0 bridgehead atoms. The molecular formula is C25H25N3O4. The third-order valence-electron chi connectivity index (χ3n) is 5.95. The maximum atomic E-state index is 12.9. The van der Waals surface area contributed by atoms with E-state index in [2.05, 4.69) is 28.4 Å². The molecule has 3 heterocycles. The van der Waals surface area contributed by atoms with Crippen molar-refractivity contribution in [2.24, 2.45) is 0 Å². The Labute approximate surface area is 186 Å². The van der Waals surface area contributed by atoms with Crippen LogP contribution in [-0.2, 0) is 13.0 Å². The molecule has 2 aromatic carbocycles. The van der Waals surface area contributed by atoms with Crippen LogP contribution in [0.25, 0.3) is 0 Å². The number of rotatable bonds is 5. The second kappa shape index (κ2) is 8.88. The quantitative estimate of drug-likeness (QED) is 0.670. The minimum absolute atomic E-state index is 0.0169. The SMILES string of the molecule is O=C(Nc1ccc(C(=O)N2CCN(Cc3ccc4c(c3)CCO4)CC2)cc1)c1ccco1. The summed E-state index contributed by atoms with van der Waals surface area (Å²) in [5, 5.41) is 2.76. The van der Waals surface area contributed by atoms with Crippen LogP contribution in [0.3, 0.4) is 0 Å². The summed E-state index contributed by atoms with van der Waals surface area (Å²) in [6, 6.07) is 16.7. The number of carbonyl (C=O) groups excluding carboxylic acids is 2. The molecular weight excluding hydrogens is 406 g/mol. The molecule has 7 heteroatoms. The number of fused-ring (bicyclic) bond motifs is 1. The lowest BCUT2D eigenvalue weighted by molar-refractivity contribution is 0.0628. The van der Waals surface area contributed by atoms with Gasteiger partial charge >= 0.3 is 0 Å². The predicted octanol–water partition coefficient (Wildman–Crippen LogP) is 3.42. The fourth-order valence-electron chi connectivity index (χ4n) is 4.18. The van der Waals surface area contributed by atoms with Gasteiger partial charge in [0, 0.05) is 50.4 Å². The molecule has 3 aromatic rings. The first-order valence-electron chi connectivity index (χ1n) is 10.9. The van der Waals surface area contributed by atoms with Crippen molar-refractivity contribution in [3.63, 3.8) is 0 Å². The predicted molar refractivity (Wildman–Crippen MR) is 120 cm³/mol. The molecule has 0 unspecified atom stereocenters. The van der Waals surface area contributed by atoms with Crippen LogP contribution < -0.4 is 10.1 Å². The van der Waals surface area contributed by atoms with Crippen LogP contribution >= 0.6 is 0 Å². The van der Waals surface area contributed by atoms with Crippen molar-refractivity contribution in [2.75, 3.05) is 38.1 Å². The van der Waals surface area contributed by atoms with Crippen molar-refractivity contribution in [3.8, 4) is 5.75 Å². The van der Waals surface area contributed by atoms with Crippen LogP contribution in [0.5, 0.6) is 5.75 Å². The zero-order valence-corrected chi connectivity index (χ0v) is 17.8. The highest BCUT2D eigenvalue weighted by Crippen LogP contribution is 2.26. The number of carbonyl (C=O) groups is 2. The molecule has 32 heavy (non-hydrogen) atoms. The molecule has 2 aliphatic heterocycles. The Hall–Kier alpha value is -3.58. The minimum Gasteiger partial charge on any atom is -0.493 e. The van der Waals surface area contributed by atoms with Gasteiger partial charge in [-0.1, -0.05) is 12.1 Å². The minimum atomic E-state index is -0.318. The van der Waals surface area contributed by atoms with Gasteiger partial charge in [0.15, 0.2) is 5.76 Å². The number of piperazine rings is 1. The third-order valence-corrected chi connectivity index (χ3v) is 5.95. The molecule has 0 radical (unpaired) electrons. The molecule has 1 saturated heterocycles. The Kier molecular flexibility index (Phi) is 5.64. The van der Waals surface area contributed by atoms with E-state index in [1.165, 1.54) is 17.4 Å². The molecule has 164 valence electrons. The topological polar surface area (TPSA) is 75.0 Å². The van der Waals surface area contributed by atoms with Gasteiger partial charge in [-0.15, -0.1) is 0 Å². The Morgan fingerprint density at radius 3 is 2.53 bits per heavy atom. The first-order chi connectivity index (χ1) is 15.7. The highest BCUT2D eigenvalue weighted by Gasteiger charge is 2.23. The lowest BCUT2D eigenvalue weighted by atomic mass is 10.1. The van der Waals surface area contributed by atoms with Crippen molar-refractivity contribution < 1.29 is 18.7 Å². The van der Waals surface area contributed by atoms with Crippen molar-refractivity contribution in [2.45, 2.75) is 13.0 Å². The van der Waals surface area contributed by atoms with Crippen molar-refractivity contribution in [3.05, 3.63) is 83.3 Å². The lowest BCUT2D eigenvalue weighted by Crippen LogP contribution is -2.48. The number of hydrogen-bond donors (Lipinski definition) is 1. The Morgan fingerprint density at radius 1 is 0.969 bits per heavy atom. The molecule has 5 rings (SSSR count). The van der Waals surface area contributed by atoms with Gasteiger partial charge < -0.3 is 19.4 Å². The average molecular weight is 431 g/mol. The normalized spacial score (nSPS) is 15.8. The molecule has 2 aliphatic rings. The van der Waals surface area contributed by atoms with E-state index in [0.717, 1.165) is 38.4 Å². The van der Waals surface area contributed by atoms with E-state index in [0.29, 0.717) is 24.3 Å². The van der Waals surface area contributed by atoms with Gasteiger partial charge in [-0.05, 0) is 53.6 Å².